The molecule has 0 aliphatic carbocycles. The van der Waals surface area contributed by atoms with Crippen LogP contribution in [0.15, 0.2) is 0 Å². The molecule has 3 fully saturated rings. The summed E-state index contributed by atoms with van der Waals surface area (Å²) in [5.74, 6) is -0.0340. The molecule has 1 unspecified atom stereocenters. The number of morpholine rings is 1. The van der Waals surface area contributed by atoms with Crippen LogP contribution in [0.1, 0.15) is 25.7 Å². The summed E-state index contributed by atoms with van der Waals surface area (Å²) >= 11 is 0. The SMILES string of the molecule is O=C1CCC(CN2CCC3(CC2)CNCCO3)O1. The van der Waals surface area contributed by atoms with Gasteiger partial charge in [0.05, 0.1) is 12.2 Å². The van der Waals surface area contributed by atoms with Crippen molar-refractivity contribution < 1.29 is 14.3 Å². The van der Waals surface area contributed by atoms with Gasteiger partial charge in [0.1, 0.15) is 6.10 Å². The lowest BCUT2D eigenvalue weighted by molar-refractivity contribution is -0.143. The largest absolute Gasteiger partial charge is 0.461 e. The average molecular weight is 254 g/mol. The Bertz CT molecular complexity index is 305. The van der Waals surface area contributed by atoms with Gasteiger partial charge in [0.15, 0.2) is 0 Å². The van der Waals surface area contributed by atoms with E-state index in [1.807, 2.05) is 0 Å². The minimum atomic E-state index is -0.0340. The summed E-state index contributed by atoms with van der Waals surface area (Å²) in [6.45, 7) is 5.80. The Hall–Kier alpha value is -0.650. The predicted molar refractivity (Wildman–Crippen MR) is 66.3 cm³/mol. The van der Waals surface area contributed by atoms with Crippen molar-refractivity contribution in [3.63, 3.8) is 0 Å². The van der Waals surface area contributed by atoms with Gasteiger partial charge in [0.2, 0.25) is 0 Å². The zero-order valence-corrected chi connectivity index (χ0v) is 10.8. The van der Waals surface area contributed by atoms with Gasteiger partial charge >= 0.3 is 5.97 Å². The molecule has 102 valence electrons. The summed E-state index contributed by atoms with van der Waals surface area (Å²) in [5, 5.41) is 3.43. The zero-order chi connectivity index (χ0) is 12.4. The molecule has 5 heteroatoms. The Kier molecular flexibility index (Phi) is 3.54. The van der Waals surface area contributed by atoms with Crippen molar-refractivity contribution in [2.75, 3.05) is 39.3 Å². The fraction of sp³-hybridized carbons (Fsp3) is 0.923. The van der Waals surface area contributed by atoms with Crippen molar-refractivity contribution in [1.29, 1.82) is 0 Å². The van der Waals surface area contributed by atoms with Crippen molar-refractivity contribution in [2.45, 2.75) is 37.4 Å². The Labute approximate surface area is 108 Å². The van der Waals surface area contributed by atoms with Crippen LogP contribution in [0.25, 0.3) is 0 Å². The van der Waals surface area contributed by atoms with E-state index in [4.69, 9.17) is 9.47 Å². The van der Waals surface area contributed by atoms with Gasteiger partial charge in [-0.2, -0.15) is 0 Å². The van der Waals surface area contributed by atoms with Crippen molar-refractivity contribution >= 4 is 5.97 Å². The third-order valence-corrected chi connectivity index (χ3v) is 4.33. The molecule has 0 saturated carbocycles. The van der Waals surface area contributed by atoms with Crippen LogP contribution in [0.2, 0.25) is 0 Å². The van der Waals surface area contributed by atoms with Gasteiger partial charge in [0.25, 0.3) is 0 Å². The Morgan fingerprint density at radius 2 is 2.22 bits per heavy atom. The highest BCUT2D eigenvalue weighted by atomic mass is 16.5. The summed E-state index contributed by atoms with van der Waals surface area (Å²) in [4.78, 5) is 13.5. The number of nitrogens with one attached hydrogen (secondary N) is 1. The van der Waals surface area contributed by atoms with Crippen LogP contribution < -0.4 is 5.32 Å². The Morgan fingerprint density at radius 1 is 1.39 bits per heavy atom. The van der Waals surface area contributed by atoms with Crippen LogP contribution >= 0.6 is 0 Å². The molecule has 0 aromatic heterocycles. The maximum Gasteiger partial charge on any atom is 0.306 e. The number of cyclic esters (lactones) is 1. The van der Waals surface area contributed by atoms with Crippen LogP contribution in [0.4, 0.5) is 0 Å². The van der Waals surface area contributed by atoms with Crippen LogP contribution in [-0.2, 0) is 14.3 Å². The molecule has 0 aromatic rings. The van der Waals surface area contributed by atoms with Crippen LogP contribution in [0, 0.1) is 0 Å². The zero-order valence-electron chi connectivity index (χ0n) is 10.8. The van der Waals surface area contributed by atoms with E-state index < -0.39 is 0 Å². The van der Waals surface area contributed by atoms with Crippen LogP contribution in [0.3, 0.4) is 0 Å². The molecule has 3 heterocycles. The predicted octanol–water partition coefficient (Wildman–Crippen LogP) is 0.146. The minimum absolute atomic E-state index is 0.0340. The lowest BCUT2D eigenvalue weighted by Crippen LogP contribution is -2.56. The second-order valence-corrected chi connectivity index (χ2v) is 5.66. The quantitative estimate of drug-likeness (QED) is 0.711. The summed E-state index contributed by atoms with van der Waals surface area (Å²) in [7, 11) is 0. The number of likely N-dealkylation sites (tertiary alicyclic amines) is 1. The van der Waals surface area contributed by atoms with Crippen molar-refractivity contribution in [1.82, 2.24) is 10.2 Å². The van der Waals surface area contributed by atoms with E-state index in [2.05, 4.69) is 10.2 Å². The second-order valence-electron chi connectivity index (χ2n) is 5.66. The van der Waals surface area contributed by atoms with Gasteiger partial charge in [-0.15, -0.1) is 0 Å². The summed E-state index contributed by atoms with van der Waals surface area (Å²) in [5.41, 5.74) is 0.0705. The summed E-state index contributed by atoms with van der Waals surface area (Å²) in [6, 6.07) is 0. The van der Waals surface area contributed by atoms with Crippen LogP contribution in [-0.4, -0.2) is 61.9 Å². The number of nitrogens with zero attached hydrogens (tertiary/aromatic N) is 1. The number of carbonyl (C=O) groups is 1. The van der Waals surface area contributed by atoms with Crippen molar-refractivity contribution in [3.05, 3.63) is 0 Å². The van der Waals surface area contributed by atoms with E-state index in [0.29, 0.717) is 6.42 Å². The average Bonchev–Trinajstić information content (AvgIpc) is 2.79. The van der Waals surface area contributed by atoms with E-state index in [1.165, 1.54) is 0 Å². The molecule has 5 nitrogen and oxygen atoms in total. The first-order valence-electron chi connectivity index (χ1n) is 7.02. The lowest BCUT2D eigenvalue weighted by atomic mass is 9.90. The fourth-order valence-electron chi connectivity index (χ4n) is 3.17. The van der Waals surface area contributed by atoms with E-state index in [1.54, 1.807) is 0 Å². The monoisotopic (exact) mass is 254 g/mol. The number of esters is 1. The van der Waals surface area contributed by atoms with Gasteiger partial charge < -0.3 is 14.8 Å². The molecule has 0 bridgehead atoms. The van der Waals surface area contributed by atoms with E-state index in [9.17, 15) is 4.79 Å². The van der Waals surface area contributed by atoms with E-state index in [-0.39, 0.29) is 17.7 Å². The van der Waals surface area contributed by atoms with Gasteiger partial charge in [-0.05, 0) is 19.3 Å². The van der Waals surface area contributed by atoms with E-state index >= 15 is 0 Å². The second kappa shape index (κ2) is 5.15. The molecule has 0 aromatic carbocycles. The molecule has 3 rings (SSSR count). The molecule has 1 N–H and O–H groups in total. The molecule has 3 aliphatic heterocycles. The molecule has 0 amide bonds. The fourth-order valence-corrected chi connectivity index (χ4v) is 3.17. The highest BCUT2D eigenvalue weighted by Gasteiger charge is 2.37. The maximum absolute atomic E-state index is 11.1. The smallest absolute Gasteiger partial charge is 0.306 e. The Balaban J connectivity index is 1.46. The molecule has 3 aliphatic rings. The van der Waals surface area contributed by atoms with Gasteiger partial charge in [-0.1, -0.05) is 0 Å². The Morgan fingerprint density at radius 3 is 2.83 bits per heavy atom. The number of hydrogen-bond acceptors (Lipinski definition) is 5. The standard InChI is InChI=1S/C13H22N2O3/c16-12-2-1-11(18-12)9-15-6-3-13(4-7-15)10-14-5-8-17-13/h11,14H,1-10H2. The van der Waals surface area contributed by atoms with Crippen LogP contribution in [0.5, 0.6) is 0 Å². The normalized spacial score (nSPS) is 32.7. The molecule has 0 radical (unpaired) electrons. The summed E-state index contributed by atoms with van der Waals surface area (Å²) < 4.78 is 11.2. The van der Waals surface area contributed by atoms with Gasteiger partial charge in [-0.3, -0.25) is 9.69 Å². The van der Waals surface area contributed by atoms with E-state index in [0.717, 1.165) is 58.6 Å². The number of piperidine rings is 1. The minimum Gasteiger partial charge on any atom is -0.461 e. The first-order chi connectivity index (χ1) is 8.76. The first-order valence-corrected chi connectivity index (χ1v) is 7.02. The number of hydrogen-bond donors (Lipinski definition) is 1. The molecule has 18 heavy (non-hydrogen) atoms. The van der Waals surface area contributed by atoms with Crippen molar-refractivity contribution in [2.24, 2.45) is 0 Å². The third kappa shape index (κ3) is 2.68. The summed E-state index contributed by atoms with van der Waals surface area (Å²) in [6.07, 6.45) is 3.77. The molecule has 3 saturated heterocycles. The van der Waals surface area contributed by atoms with Gasteiger partial charge in [0, 0.05) is 39.1 Å². The highest BCUT2D eigenvalue weighted by molar-refractivity contribution is 5.71. The maximum atomic E-state index is 11.1. The number of rotatable bonds is 2. The third-order valence-electron chi connectivity index (χ3n) is 4.33. The molecule has 1 atom stereocenters. The molecular weight excluding hydrogens is 232 g/mol. The van der Waals surface area contributed by atoms with Crippen molar-refractivity contribution in [3.8, 4) is 0 Å². The molecular formula is C13H22N2O3. The highest BCUT2D eigenvalue weighted by Crippen LogP contribution is 2.28. The lowest BCUT2D eigenvalue weighted by Gasteiger charge is -2.44. The first kappa shape index (κ1) is 12.4. The van der Waals surface area contributed by atoms with Gasteiger partial charge in [-0.25, -0.2) is 0 Å². The number of carbonyl (C=O) groups excluding carboxylic acids is 1. The topological polar surface area (TPSA) is 50.8 Å². The molecule has 1 spiro atoms. The number of ether oxygens (including phenoxy) is 2.